The molecule has 6 heteroatoms. The van der Waals surface area contributed by atoms with Crippen LogP contribution in [0.1, 0.15) is 38.5 Å². The summed E-state index contributed by atoms with van der Waals surface area (Å²) in [6.45, 7) is 4.50. The third kappa shape index (κ3) is 2.17. The van der Waals surface area contributed by atoms with Crippen LogP contribution in [0.4, 0.5) is 6.01 Å². The molecule has 110 valence electrons. The Balaban J connectivity index is 1.73. The second-order valence-corrected chi connectivity index (χ2v) is 6.01. The first-order valence-electron chi connectivity index (χ1n) is 7.47. The van der Waals surface area contributed by atoms with Gasteiger partial charge in [0.15, 0.2) is 0 Å². The van der Waals surface area contributed by atoms with Crippen LogP contribution in [0, 0.1) is 5.41 Å². The van der Waals surface area contributed by atoms with Crippen LogP contribution >= 0.6 is 0 Å². The van der Waals surface area contributed by atoms with Gasteiger partial charge in [-0.15, -0.1) is 5.10 Å². The highest BCUT2D eigenvalue weighted by Gasteiger charge is 2.48. The zero-order chi connectivity index (χ0) is 14.2. The van der Waals surface area contributed by atoms with Gasteiger partial charge in [-0.2, -0.15) is 0 Å². The van der Waals surface area contributed by atoms with Gasteiger partial charge in [0.05, 0.1) is 5.41 Å². The molecule has 2 saturated heterocycles. The van der Waals surface area contributed by atoms with E-state index < -0.39 is 0 Å². The summed E-state index contributed by atoms with van der Waals surface area (Å²) in [5, 5.41) is 8.19. The summed E-state index contributed by atoms with van der Waals surface area (Å²) >= 11 is 0. The molecule has 0 bridgehead atoms. The van der Waals surface area contributed by atoms with Crippen LogP contribution in [-0.2, 0) is 11.2 Å². The van der Waals surface area contributed by atoms with Gasteiger partial charge in [-0.05, 0) is 25.7 Å². The molecule has 1 aromatic rings. The molecule has 1 spiro atoms. The number of aryl methyl sites for hydroxylation is 1. The van der Waals surface area contributed by atoms with E-state index in [9.17, 15) is 4.79 Å². The Morgan fingerprint density at radius 3 is 2.95 bits per heavy atom. The fourth-order valence-corrected chi connectivity index (χ4v) is 3.37. The molecule has 0 unspecified atom stereocenters. The van der Waals surface area contributed by atoms with Crippen LogP contribution in [0.3, 0.4) is 0 Å². The monoisotopic (exact) mass is 278 g/mol. The fourth-order valence-electron chi connectivity index (χ4n) is 3.37. The maximum atomic E-state index is 12.5. The summed E-state index contributed by atoms with van der Waals surface area (Å²) in [6.07, 6.45) is 4.76. The predicted molar refractivity (Wildman–Crippen MR) is 74.4 cm³/mol. The first-order valence-corrected chi connectivity index (χ1v) is 7.47. The lowest BCUT2D eigenvalue weighted by atomic mass is 9.78. The average molecular weight is 278 g/mol. The number of hydrogen-bond acceptors (Lipinski definition) is 5. The molecule has 0 aliphatic carbocycles. The van der Waals surface area contributed by atoms with Crippen molar-refractivity contribution in [2.45, 2.75) is 39.0 Å². The SMILES string of the molecule is CCCc1nnc(N2CC[C@@]3(CCCN(C)C3=O)C2)o1. The normalized spacial score (nSPS) is 26.8. The Kier molecular flexibility index (Phi) is 3.40. The highest BCUT2D eigenvalue weighted by Crippen LogP contribution is 2.40. The van der Waals surface area contributed by atoms with E-state index in [1.54, 1.807) is 0 Å². The number of carbonyl (C=O) groups excluding carboxylic acids is 1. The van der Waals surface area contributed by atoms with Gasteiger partial charge in [-0.25, -0.2) is 0 Å². The Morgan fingerprint density at radius 2 is 2.15 bits per heavy atom. The van der Waals surface area contributed by atoms with Crippen LogP contribution in [0.5, 0.6) is 0 Å². The molecule has 0 saturated carbocycles. The van der Waals surface area contributed by atoms with Gasteiger partial charge < -0.3 is 14.2 Å². The van der Waals surface area contributed by atoms with E-state index in [0.29, 0.717) is 18.5 Å². The van der Waals surface area contributed by atoms with Gasteiger partial charge in [-0.3, -0.25) is 4.79 Å². The molecule has 20 heavy (non-hydrogen) atoms. The number of carbonyl (C=O) groups is 1. The summed E-state index contributed by atoms with van der Waals surface area (Å²) in [4.78, 5) is 16.4. The minimum absolute atomic E-state index is 0.230. The summed E-state index contributed by atoms with van der Waals surface area (Å²) < 4.78 is 5.68. The number of amides is 1. The summed E-state index contributed by atoms with van der Waals surface area (Å²) in [5.41, 5.74) is -0.230. The van der Waals surface area contributed by atoms with Gasteiger partial charge in [0, 0.05) is 33.1 Å². The van der Waals surface area contributed by atoms with E-state index in [0.717, 1.165) is 45.2 Å². The molecule has 2 aliphatic rings. The van der Waals surface area contributed by atoms with E-state index >= 15 is 0 Å². The van der Waals surface area contributed by atoms with Crippen molar-refractivity contribution in [3.63, 3.8) is 0 Å². The standard InChI is InChI=1S/C14H22N4O2/c1-3-5-11-15-16-13(20-11)18-9-7-14(10-18)6-4-8-17(2)12(14)19/h3-10H2,1-2H3/t14-/m0/s1. The van der Waals surface area contributed by atoms with E-state index in [1.165, 1.54) is 0 Å². The van der Waals surface area contributed by atoms with Crippen LogP contribution in [0.2, 0.25) is 0 Å². The van der Waals surface area contributed by atoms with Crippen molar-refractivity contribution in [2.24, 2.45) is 5.41 Å². The molecule has 6 nitrogen and oxygen atoms in total. The summed E-state index contributed by atoms with van der Waals surface area (Å²) in [5.74, 6) is 0.968. The maximum Gasteiger partial charge on any atom is 0.318 e. The molecule has 3 heterocycles. The van der Waals surface area contributed by atoms with Crippen LogP contribution in [0.15, 0.2) is 4.42 Å². The fraction of sp³-hybridized carbons (Fsp3) is 0.786. The van der Waals surface area contributed by atoms with Gasteiger partial charge in [0.2, 0.25) is 11.8 Å². The van der Waals surface area contributed by atoms with Crippen LogP contribution < -0.4 is 4.90 Å². The largest absolute Gasteiger partial charge is 0.408 e. The zero-order valence-electron chi connectivity index (χ0n) is 12.3. The topological polar surface area (TPSA) is 62.5 Å². The minimum atomic E-state index is -0.230. The number of anilines is 1. The lowest BCUT2D eigenvalue weighted by molar-refractivity contribution is -0.143. The Morgan fingerprint density at radius 1 is 1.30 bits per heavy atom. The Bertz CT molecular complexity index is 501. The molecule has 1 aromatic heterocycles. The quantitative estimate of drug-likeness (QED) is 0.838. The number of hydrogen-bond donors (Lipinski definition) is 0. The van der Waals surface area contributed by atoms with E-state index in [2.05, 4.69) is 22.0 Å². The second-order valence-electron chi connectivity index (χ2n) is 6.01. The van der Waals surface area contributed by atoms with Crippen molar-refractivity contribution in [3.8, 4) is 0 Å². The van der Waals surface area contributed by atoms with Crippen molar-refractivity contribution >= 4 is 11.9 Å². The predicted octanol–water partition coefficient (Wildman–Crippen LogP) is 1.47. The number of nitrogens with zero attached hydrogens (tertiary/aromatic N) is 4. The van der Waals surface area contributed by atoms with E-state index in [4.69, 9.17) is 4.42 Å². The number of aromatic nitrogens is 2. The summed E-state index contributed by atoms with van der Waals surface area (Å²) in [7, 11) is 1.90. The maximum absolute atomic E-state index is 12.5. The first-order chi connectivity index (χ1) is 9.64. The molecule has 2 aliphatic heterocycles. The minimum Gasteiger partial charge on any atom is -0.408 e. The molecule has 3 rings (SSSR count). The van der Waals surface area contributed by atoms with Gasteiger partial charge in [0.25, 0.3) is 0 Å². The Hall–Kier alpha value is -1.59. The Labute approximate surface area is 119 Å². The molecule has 0 N–H and O–H groups in total. The molecule has 0 radical (unpaired) electrons. The van der Waals surface area contributed by atoms with Gasteiger partial charge in [-0.1, -0.05) is 12.0 Å². The zero-order valence-corrected chi connectivity index (χ0v) is 12.3. The van der Waals surface area contributed by atoms with Crippen molar-refractivity contribution in [1.82, 2.24) is 15.1 Å². The molecule has 2 fully saturated rings. The number of likely N-dealkylation sites (tertiary alicyclic amines) is 1. The smallest absolute Gasteiger partial charge is 0.318 e. The van der Waals surface area contributed by atoms with E-state index in [-0.39, 0.29) is 11.3 Å². The van der Waals surface area contributed by atoms with Gasteiger partial charge >= 0.3 is 6.01 Å². The van der Waals surface area contributed by atoms with Crippen molar-refractivity contribution in [3.05, 3.63) is 5.89 Å². The summed E-state index contributed by atoms with van der Waals surface area (Å²) in [6, 6.07) is 0.575. The van der Waals surface area contributed by atoms with Gasteiger partial charge in [0.1, 0.15) is 0 Å². The van der Waals surface area contributed by atoms with Crippen molar-refractivity contribution in [2.75, 3.05) is 31.6 Å². The third-order valence-corrected chi connectivity index (χ3v) is 4.49. The lowest BCUT2D eigenvalue weighted by Gasteiger charge is -2.37. The van der Waals surface area contributed by atoms with Crippen molar-refractivity contribution < 1.29 is 9.21 Å². The molecule has 0 aromatic carbocycles. The highest BCUT2D eigenvalue weighted by atomic mass is 16.4. The van der Waals surface area contributed by atoms with Crippen LogP contribution in [0.25, 0.3) is 0 Å². The van der Waals surface area contributed by atoms with E-state index in [1.807, 2.05) is 11.9 Å². The van der Waals surface area contributed by atoms with Crippen LogP contribution in [-0.4, -0.2) is 47.7 Å². The molecule has 1 atom stereocenters. The molecular weight excluding hydrogens is 256 g/mol. The number of rotatable bonds is 3. The second kappa shape index (κ2) is 5.07. The molecule has 1 amide bonds. The third-order valence-electron chi connectivity index (χ3n) is 4.49. The highest BCUT2D eigenvalue weighted by molar-refractivity contribution is 5.84. The number of piperidine rings is 1. The lowest BCUT2D eigenvalue weighted by Crippen LogP contribution is -2.48. The molecular formula is C14H22N4O2. The average Bonchev–Trinajstić information content (AvgIpc) is 3.04. The first kappa shape index (κ1) is 13.4. The van der Waals surface area contributed by atoms with Crippen molar-refractivity contribution in [1.29, 1.82) is 0 Å².